The summed E-state index contributed by atoms with van der Waals surface area (Å²) in [5.41, 5.74) is 1.80. The number of amides is 1. The fourth-order valence-electron chi connectivity index (χ4n) is 2.22. The van der Waals surface area contributed by atoms with Gasteiger partial charge < -0.3 is 15.3 Å². The molecule has 0 saturated carbocycles. The Hall–Kier alpha value is -1.55. The zero-order valence-electron chi connectivity index (χ0n) is 12.7. The summed E-state index contributed by atoms with van der Waals surface area (Å²) < 4.78 is 0. The van der Waals surface area contributed by atoms with Gasteiger partial charge in [0.05, 0.1) is 0 Å². The zero-order valence-corrected chi connectivity index (χ0v) is 12.7. The van der Waals surface area contributed by atoms with E-state index in [2.05, 4.69) is 24.1 Å². The first-order valence-corrected chi connectivity index (χ1v) is 7.42. The molecule has 0 aliphatic heterocycles. The average Bonchev–Trinajstić information content (AvgIpc) is 2.48. The molecule has 0 radical (unpaired) electrons. The van der Waals surface area contributed by atoms with Gasteiger partial charge in [-0.25, -0.2) is 0 Å². The van der Waals surface area contributed by atoms with Crippen molar-refractivity contribution < 1.29 is 9.90 Å². The predicted molar refractivity (Wildman–Crippen MR) is 83.3 cm³/mol. The molecule has 1 amide bonds. The summed E-state index contributed by atoms with van der Waals surface area (Å²) in [6.07, 6.45) is 1.42. The quantitative estimate of drug-likeness (QED) is 0.768. The molecule has 0 aliphatic carbocycles. The van der Waals surface area contributed by atoms with Gasteiger partial charge in [-0.05, 0) is 51.0 Å². The SMILES string of the molecule is CCC(CCO)NC(=O)c1ccc(N(CC)CC)cc1. The van der Waals surface area contributed by atoms with Crippen molar-refractivity contribution in [1.82, 2.24) is 5.32 Å². The first kappa shape index (κ1) is 16.5. The molecule has 112 valence electrons. The lowest BCUT2D eigenvalue weighted by molar-refractivity contribution is 0.0929. The minimum atomic E-state index is -0.0728. The molecule has 20 heavy (non-hydrogen) atoms. The normalized spacial score (nSPS) is 12.0. The number of aliphatic hydroxyl groups excluding tert-OH is 1. The Kier molecular flexibility index (Phi) is 7.09. The van der Waals surface area contributed by atoms with E-state index in [4.69, 9.17) is 5.11 Å². The van der Waals surface area contributed by atoms with Crippen LogP contribution in [0.1, 0.15) is 44.0 Å². The maximum absolute atomic E-state index is 12.1. The lowest BCUT2D eigenvalue weighted by Crippen LogP contribution is -2.35. The van der Waals surface area contributed by atoms with Gasteiger partial charge in [-0.1, -0.05) is 6.92 Å². The molecule has 1 aromatic carbocycles. The summed E-state index contributed by atoms with van der Waals surface area (Å²) >= 11 is 0. The molecule has 1 rings (SSSR count). The molecule has 0 aliphatic rings. The van der Waals surface area contributed by atoms with Crippen molar-refractivity contribution >= 4 is 11.6 Å². The van der Waals surface area contributed by atoms with Gasteiger partial charge in [0.25, 0.3) is 5.91 Å². The third kappa shape index (κ3) is 4.53. The standard InChI is InChI=1S/C16H26N2O2/c1-4-14(11-12-19)17-16(20)13-7-9-15(10-8-13)18(5-2)6-3/h7-10,14,19H,4-6,11-12H2,1-3H3,(H,17,20). The molecule has 0 fully saturated rings. The number of hydrogen-bond donors (Lipinski definition) is 2. The summed E-state index contributed by atoms with van der Waals surface area (Å²) in [6.45, 7) is 8.24. The van der Waals surface area contributed by atoms with E-state index in [9.17, 15) is 4.79 Å². The number of benzene rings is 1. The smallest absolute Gasteiger partial charge is 0.251 e. The van der Waals surface area contributed by atoms with E-state index in [1.165, 1.54) is 0 Å². The van der Waals surface area contributed by atoms with Crippen molar-refractivity contribution in [2.45, 2.75) is 39.7 Å². The number of nitrogens with zero attached hydrogens (tertiary/aromatic N) is 1. The van der Waals surface area contributed by atoms with Gasteiger partial charge in [-0.2, -0.15) is 0 Å². The van der Waals surface area contributed by atoms with E-state index in [-0.39, 0.29) is 18.6 Å². The highest BCUT2D eigenvalue weighted by atomic mass is 16.3. The molecular formula is C16H26N2O2. The number of rotatable bonds is 8. The van der Waals surface area contributed by atoms with Gasteiger partial charge in [0.2, 0.25) is 0 Å². The Morgan fingerprint density at radius 3 is 2.25 bits per heavy atom. The van der Waals surface area contributed by atoms with E-state index in [1.54, 1.807) is 0 Å². The van der Waals surface area contributed by atoms with Crippen LogP contribution < -0.4 is 10.2 Å². The van der Waals surface area contributed by atoms with Gasteiger partial charge in [0.15, 0.2) is 0 Å². The lowest BCUT2D eigenvalue weighted by atomic mass is 10.1. The Labute approximate surface area is 121 Å². The topological polar surface area (TPSA) is 52.6 Å². The maximum atomic E-state index is 12.1. The van der Waals surface area contributed by atoms with E-state index in [0.29, 0.717) is 12.0 Å². The van der Waals surface area contributed by atoms with Crippen LogP contribution in [0.4, 0.5) is 5.69 Å². The summed E-state index contributed by atoms with van der Waals surface area (Å²) in [5, 5.41) is 11.9. The van der Waals surface area contributed by atoms with Gasteiger partial charge in [-0.3, -0.25) is 4.79 Å². The Balaban J connectivity index is 2.70. The Morgan fingerprint density at radius 1 is 1.20 bits per heavy atom. The van der Waals surface area contributed by atoms with Crippen molar-refractivity contribution in [2.75, 3.05) is 24.6 Å². The summed E-state index contributed by atoms with van der Waals surface area (Å²) in [5.74, 6) is -0.0728. The van der Waals surface area contributed by atoms with Gasteiger partial charge in [0, 0.05) is 37.0 Å². The van der Waals surface area contributed by atoms with Crippen LogP contribution in [0.2, 0.25) is 0 Å². The molecular weight excluding hydrogens is 252 g/mol. The number of anilines is 1. The van der Waals surface area contributed by atoms with Crippen LogP contribution in [0.5, 0.6) is 0 Å². The lowest BCUT2D eigenvalue weighted by Gasteiger charge is -2.21. The second kappa shape index (κ2) is 8.59. The van der Waals surface area contributed by atoms with Crippen LogP contribution in [0.15, 0.2) is 24.3 Å². The maximum Gasteiger partial charge on any atom is 0.251 e. The molecule has 4 heteroatoms. The van der Waals surface area contributed by atoms with Crippen LogP contribution in [-0.2, 0) is 0 Å². The van der Waals surface area contributed by atoms with Crippen molar-refractivity contribution in [1.29, 1.82) is 0 Å². The fourth-order valence-corrected chi connectivity index (χ4v) is 2.22. The molecule has 0 aromatic heterocycles. The van der Waals surface area contributed by atoms with Crippen molar-refractivity contribution in [3.8, 4) is 0 Å². The van der Waals surface area contributed by atoms with E-state index < -0.39 is 0 Å². The summed E-state index contributed by atoms with van der Waals surface area (Å²) in [6, 6.07) is 7.71. The number of nitrogens with one attached hydrogen (secondary N) is 1. The fraction of sp³-hybridized carbons (Fsp3) is 0.562. The second-order valence-corrected chi connectivity index (χ2v) is 4.81. The van der Waals surface area contributed by atoms with Crippen LogP contribution in [-0.4, -0.2) is 36.8 Å². The highest BCUT2D eigenvalue weighted by molar-refractivity contribution is 5.94. The molecule has 0 saturated heterocycles. The first-order valence-electron chi connectivity index (χ1n) is 7.42. The highest BCUT2D eigenvalue weighted by Gasteiger charge is 2.12. The van der Waals surface area contributed by atoms with Crippen LogP contribution >= 0.6 is 0 Å². The Morgan fingerprint density at radius 2 is 1.80 bits per heavy atom. The number of aliphatic hydroxyl groups is 1. The Bertz CT molecular complexity index is 399. The number of carbonyl (C=O) groups is 1. The molecule has 0 heterocycles. The van der Waals surface area contributed by atoms with Crippen molar-refractivity contribution in [2.24, 2.45) is 0 Å². The summed E-state index contributed by atoms with van der Waals surface area (Å²) in [7, 11) is 0. The van der Waals surface area contributed by atoms with E-state index in [0.717, 1.165) is 25.2 Å². The van der Waals surface area contributed by atoms with Crippen molar-refractivity contribution in [3.63, 3.8) is 0 Å². The van der Waals surface area contributed by atoms with Crippen LogP contribution in [0.25, 0.3) is 0 Å². The minimum Gasteiger partial charge on any atom is -0.396 e. The molecule has 0 bridgehead atoms. The monoisotopic (exact) mass is 278 g/mol. The predicted octanol–water partition coefficient (Wildman–Crippen LogP) is 2.42. The van der Waals surface area contributed by atoms with Gasteiger partial charge in [0.1, 0.15) is 0 Å². The van der Waals surface area contributed by atoms with Gasteiger partial charge >= 0.3 is 0 Å². The molecule has 1 unspecified atom stereocenters. The summed E-state index contributed by atoms with van der Waals surface area (Å²) in [4.78, 5) is 14.3. The second-order valence-electron chi connectivity index (χ2n) is 4.81. The largest absolute Gasteiger partial charge is 0.396 e. The molecule has 1 aromatic rings. The number of hydrogen-bond acceptors (Lipinski definition) is 3. The van der Waals surface area contributed by atoms with Crippen LogP contribution in [0.3, 0.4) is 0 Å². The molecule has 0 spiro atoms. The third-order valence-electron chi connectivity index (χ3n) is 3.56. The number of carbonyl (C=O) groups excluding carboxylic acids is 1. The van der Waals surface area contributed by atoms with Crippen molar-refractivity contribution in [3.05, 3.63) is 29.8 Å². The molecule has 4 nitrogen and oxygen atoms in total. The van der Waals surface area contributed by atoms with Gasteiger partial charge in [-0.15, -0.1) is 0 Å². The highest BCUT2D eigenvalue weighted by Crippen LogP contribution is 2.15. The van der Waals surface area contributed by atoms with E-state index >= 15 is 0 Å². The zero-order chi connectivity index (χ0) is 15.0. The third-order valence-corrected chi connectivity index (χ3v) is 3.56. The van der Waals surface area contributed by atoms with Crippen LogP contribution in [0, 0.1) is 0 Å². The molecule has 1 atom stereocenters. The molecule has 2 N–H and O–H groups in total. The minimum absolute atomic E-state index is 0.0370. The average molecular weight is 278 g/mol. The first-order chi connectivity index (χ1) is 9.65. The van der Waals surface area contributed by atoms with E-state index in [1.807, 2.05) is 31.2 Å².